The highest BCUT2D eigenvalue weighted by Gasteiger charge is 2.29. The number of hydrogen-bond acceptors (Lipinski definition) is 5. The van der Waals surface area contributed by atoms with E-state index >= 15 is 0 Å². The van der Waals surface area contributed by atoms with Crippen molar-refractivity contribution in [3.8, 4) is 11.5 Å². The number of benzene rings is 1. The van der Waals surface area contributed by atoms with E-state index in [-0.39, 0.29) is 30.2 Å². The lowest BCUT2D eigenvalue weighted by molar-refractivity contribution is -0.138. The molecule has 1 N–H and O–H groups in total. The molecule has 8 heteroatoms. The Hall–Kier alpha value is -2.77. The number of ether oxygens (including phenoxy) is 2. The van der Waals surface area contributed by atoms with E-state index in [1.54, 1.807) is 42.1 Å². The van der Waals surface area contributed by atoms with Crippen LogP contribution in [0.2, 0.25) is 0 Å². The lowest BCUT2D eigenvalue weighted by Crippen LogP contribution is -2.48. The van der Waals surface area contributed by atoms with Gasteiger partial charge in [-0.1, -0.05) is 0 Å². The minimum absolute atomic E-state index is 0.0295. The summed E-state index contributed by atoms with van der Waals surface area (Å²) >= 11 is 0. The van der Waals surface area contributed by atoms with Crippen molar-refractivity contribution in [2.24, 2.45) is 5.92 Å². The molecule has 2 rings (SSSR count). The number of rotatable bonds is 6. The first-order chi connectivity index (χ1) is 12.9. The number of amides is 3. The molecule has 0 unspecified atom stereocenters. The molecule has 1 fully saturated rings. The Morgan fingerprint density at radius 2 is 1.89 bits per heavy atom. The number of carbonyl (C=O) groups excluding carboxylic acids is 3. The largest absolute Gasteiger partial charge is 0.493 e. The zero-order valence-electron chi connectivity index (χ0n) is 16.3. The van der Waals surface area contributed by atoms with Crippen molar-refractivity contribution in [1.29, 1.82) is 0 Å². The number of likely N-dealkylation sites (tertiary alicyclic amines) is 1. The molecule has 0 bridgehead atoms. The summed E-state index contributed by atoms with van der Waals surface area (Å²) in [7, 11) is 6.44. The van der Waals surface area contributed by atoms with Crippen LogP contribution < -0.4 is 14.8 Å². The van der Waals surface area contributed by atoms with E-state index in [1.165, 1.54) is 14.2 Å². The van der Waals surface area contributed by atoms with Crippen molar-refractivity contribution >= 4 is 17.7 Å². The second kappa shape index (κ2) is 9.25. The summed E-state index contributed by atoms with van der Waals surface area (Å²) in [6.07, 6.45) is 1.55. The molecule has 1 aromatic carbocycles. The standard InChI is InChI=1S/C19H27N3O5/c1-21(2)19(25)14-6-5-9-22(12-14)17(23)11-20-18(24)13-7-8-15(26-3)16(10-13)27-4/h7-8,10,14H,5-6,9,11-12H2,1-4H3,(H,20,24)/t14-/m1/s1. The van der Waals surface area contributed by atoms with E-state index in [9.17, 15) is 14.4 Å². The summed E-state index contributed by atoms with van der Waals surface area (Å²) in [4.78, 5) is 40.1. The third-order valence-corrected chi connectivity index (χ3v) is 4.61. The maximum atomic E-state index is 12.4. The monoisotopic (exact) mass is 377 g/mol. The van der Waals surface area contributed by atoms with E-state index in [0.29, 0.717) is 30.2 Å². The summed E-state index contributed by atoms with van der Waals surface area (Å²) in [5.41, 5.74) is 0.375. The molecule has 0 radical (unpaired) electrons. The van der Waals surface area contributed by atoms with Crippen molar-refractivity contribution in [1.82, 2.24) is 15.1 Å². The molecular weight excluding hydrogens is 350 g/mol. The van der Waals surface area contributed by atoms with Gasteiger partial charge >= 0.3 is 0 Å². The van der Waals surface area contributed by atoms with Crippen LogP contribution in [-0.2, 0) is 9.59 Å². The van der Waals surface area contributed by atoms with Gasteiger partial charge in [0.25, 0.3) is 5.91 Å². The van der Waals surface area contributed by atoms with Gasteiger partial charge in [0.15, 0.2) is 11.5 Å². The predicted octanol–water partition coefficient (Wildman–Crippen LogP) is 0.760. The van der Waals surface area contributed by atoms with Crippen LogP contribution in [0.1, 0.15) is 23.2 Å². The van der Waals surface area contributed by atoms with Crippen molar-refractivity contribution < 1.29 is 23.9 Å². The minimum atomic E-state index is -0.373. The zero-order chi connectivity index (χ0) is 20.0. The van der Waals surface area contributed by atoms with Crippen molar-refractivity contribution in [2.75, 3.05) is 47.9 Å². The number of nitrogens with one attached hydrogen (secondary N) is 1. The SMILES string of the molecule is COc1ccc(C(=O)NCC(=O)N2CCC[C@@H](C(=O)N(C)C)C2)cc1OC. The van der Waals surface area contributed by atoms with Crippen LogP contribution in [0.3, 0.4) is 0 Å². The fraction of sp³-hybridized carbons (Fsp3) is 0.526. The first-order valence-electron chi connectivity index (χ1n) is 8.86. The quantitative estimate of drug-likeness (QED) is 0.791. The molecule has 27 heavy (non-hydrogen) atoms. The molecular formula is C19H27N3O5. The molecule has 1 atom stereocenters. The molecule has 1 aliphatic heterocycles. The Balaban J connectivity index is 1.93. The Labute approximate surface area is 159 Å². The summed E-state index contributed by atoms with van der Waals surface area (Å²) < 4.78 is 10.3. The Morgan fingerprint density at radius 3 is 2.52 bits per heavy atom. The highest BCUT2D eigenvalue weighted by Crippen LogP contribution is 2.27. The van der Waals surface area contributed by atoms with Gasteiger partial charge in [0.2, 0.25) is 11.8 Å². The molecule has 3 amide bonds. The van der Waals surface area contributed by atoms with E-state index in [4.69, 9.17) is 9.47 Å². The van der Waals surface area contributed by atoms with Crippen molar-refractivity contribution in [2.45, 2.75) is 12.8 Å². The molecule has 148 valence electrons. The topological polar surface area (TPSA) is 88.2 Å². The van der Waals surface area contributed by atoms with Crippen LogP contribution in [0.25, 0.3) is 0 Å². The molecule has 0 spiro atoms. The summed E-state index contributed by atoms with van der Waals surface area (Å²) in [5.74, 6) is 0.246. The van der Waals surface area contributed by atoms with Gasteiger partial charge in [-0.15, -0.1) is 0 Å². The van der Waals surface area contributed by atoms with Crippen molar-refractivity contribution in [3.63, 3.8) is 0 Å². The number of carbonyl (C=O) groups is 3. The van der Waals surface area contributed by atoms with Gasteiger partial charge in [-0.25, -0.2) is 0 Å². The maximum Gasteiger partial charge on any atom is 0.251 e. The molecule has 1 saturated heterocycles. The number of nitrogens with zero attached hydrogens (tertiary/aromatic N) is 2. The number of piperidine rings is 1. The minimum Gasteiger partial charge on any atom is -0.493 e. The van der Waals surface area contributed by atoms with E-state index in [2.05, 4.69) is 5.32 Å². The third kappa shape index (κ3) is 5.12. The normalized spacial score (nSPS) is 16.4. The molecule has 1 aliphatic rings. The van der Waals surface area contributed by atoms with Gasteiger partial charge in [0.1, 0.15) is 0 Å². The van der Waals surface area contributed by atoms with Crippen LogP contribution in [0.4, 0.5) is 0 Å². The Morgan fingerprint density at radius 1 is 1.19 bits per heavy atom. The van der Waals surface area contributed by atoms with E-state index in [0.717, 1.165) is 12.8 Å². The van der Waals surface area contributed by atoms with Gasteiger partial charge < -0.3 is 24.6 Å². The van der Waals surface area contributed by atoms with Crippen LogP contribution in [0, 0.1) is 5.92 Å². The maximum absolute atomic E-state index is 12.4. The van der Waals surface area contributed by atoms with Gasteiger partial charge in [-0.2, -0.15) is 0 Å². The Bertz CT molecular complexity index is 705. The average Bonchev–Trinajstić information content (AvgIpc) is 2.70. The van der Waals surface area contributed by atoms with Crippen LogP contribution in [0.5, 0.6) is 11.5 Å². The number of hydrogen-bond donors (Lipinski definition) is 1. The number of methoxy groups -OCH3 is 2. The van der Waals surface area contributed by atoms with E-state index in [1.807, 2.05) is 0 Å². The predicted molar refractivity (Wildman–Crippen MR) is 99.9 cm³/mol. The van der Waals surface area contributed by atoms with Crippen molar-refractivity contribution in [3.05, 3.63) is 23.8 Å². The molecule has 0 aromatic heterocycles. The second-order valence-electron chi connectivity index (χ2n) is 6.66. The van der Waals surface area contributed by atoms with Gasteiger partial charge in [-0.3, -0.25) is 14.4 Å². The molecule has 0 saturated carbocycles. The Kier molecular flexibility index (Phi) is 7.04. The fourth-order valence-corrected chi connectivity index (χ4v) is 3.12. The van der Waals surface area contributed by atoms with Crippen LogP contribution >= 0.6 is 0 Å². The molecule has 1 aromatic rings. The highest BCUT2D eigenvalue weighted by molar-refractivity contribution is 5.97. The van der Waals surface area contributed by atoms with Gasteiger partial charge in [0, 0.05) is 32.7 Å². The fourth-order valence-electron chi connectivity index (χ4n) is 3.12. The average molecular weight is 377 g/mol. The molecule has 8 nitrogen and oxygen atoms in total. The molecule has 1 heterocycles. The van der Waals surface area contributed by atoms with Crippen LogP contribution in [0.15, 0.2) is 18.2 Å². The first kappa shape index (κ1) is 20.5. The lowest BCUT2D eigenvalue weighted by atomic mass is 9.96. The van der Waals surface area contributed by atoms with Gasteiger partial charge in [0.05, 0.1) is 26.7 Å². The van der Waals surface area contributed by atoms with Crippen LogP contribution in [-0.4, -0.2) is 75.5 Å². The smallest absolute Gasteiger partial charge is 0.251 e. The van der Waals surface area contributed by atoms with Gasteiger partial charge in [-0.05, 0) is 31.0 Å². The highest BCUT2D eigenvalue weighted by atomic mass is 16.5. The summed E-state index contributed by atoms with van der Waals surface area (Å²) in [5, 5.41) is 2.63. The molecule has 0 aliphatic carbocycles. The van der Waals surface area contributed by atoms with E-state index < -0.39 is 0 Å². The third-order valence-electron chi connectivity index (χ3n) is 4.61. The summed E-state index contributed by atoms with van der Waals surface area (Å²) in [6.45, 7) is 0.875. The second-order valence-corrected chi connectivity index (χ2v) is 6.66. The zero-order valence-corrected chi connectivity index (χ0v) is 16.3. The summed E-state index contributed by atoms with van der Waals surface area (Å²) in [6, 6.07) is 4.80. The first-order valence-corrected chi connectivity index (χ1v) is 8.86. The lowest BCUT2D eigenvalue weighted by Gasteiger charge is -2.33.